The van der Waals surface area contributed by atoms with Crippen LogP contribution < -0.4 is 10.1 Å². The number of aromatic nitrogens is 2. The lowest BCUT2D eigenvalue weighted by molar-refractivity contribution is 0.294. The summed E-state index contributed by atoms with van der Waals surface area (Å²) in [6.07, 6.45) is 2.88. The van der Waals surface area contributed by atoms with Gasteiger partial charge in [0.15, 0.2) is 5.82 Å². The number of aryl methyl sites for hydroxylation is 2. The number of ether oxygens (including phenoxy) is 1. The zero-order valence-corrected chi connectivity index (χ0v) is 13.2. The fourth-order valence-electron chi connectivity index (χ4n) is 2.51. The molecule has 0 unspecified atom stereocenters. The Balaban J connectivity index is 0.00000161. The van der Waals surface area contributed by atoms with Crippen molar-refractivity contribution in [2.24, 2.45) is 0 Å². The van der Waals surface area contributed by atoms with Crippen molar-refractivity contribution in [3.63, 3.8) is 0 Å². The van der Waals surface area contributed by atoms with Crippen LogP contribution in [0.25, 0.3) is 0 Å². The summed E-state index contributed by atoms with van der Waals surface area (Å²) in [6.45, 7) is 6.42. The average molecular weight is 306 g/mol. The van der Waals surface area contributed by atoms with Crippen LogP contribution in [0.4, 0.5) is 0 Å². The highest BCUT2D eigenvalue weighted by atomic mass is 35.5. The maximum atomic E-state index is 5.80. The van der Waals surface area contributed by atoms with Gasteiger partial charge < -0.3 is 10.1 Å². The topological polar surface area (TPSA) is 47.0 Å². The summed E-state index contributed by atoms with van der Waals surface area (Å²) in [5, 5.41) is 3.32. The smallest absolute Gasteiger partial charge is 0.166 e. The summed E-state index contributed by atoms with van der Waals surface area (Å²) in [6, 6.07) is 6.21. The highest BCUT2D eigenvalue weighted by Gasteiger charge is 2.11. The molecule has 1 aromatic carbocycles. The first-order chi connectivity index (χ1) is 9.70. The van der Waals surface area contributed by atoms with Gasteiger partial charge >= 0.3 is 0 Å². The van der Waals surface area contributed by atoms with Gasteiger partial charge in [0.25, 0.3) is 0 Å². The largest absolute Gasteiger partial charge is 0.486 e. The summed E-state index contributed by atoms with van der Waals surface area (Å²) in [7, 11) is 0. The third-order valence-electron chi connectivity index (χ3n) is 3.42. The van der Waals surface area contributed by atoms with Crippen LogP contribution in [0, 0.1) is 13.8 Å². The van der Waals surface area contributed by atoms with Crippen LogP contribution in [0.1, 0.15) is 28.2 Å². The van der Waals surface area contributed by atoms with Gasteiger partial charge in [-0.3, -0.25) is 0 Å². The zero-order valence-electron chi connectivity index (χ0n) is 12.3. The molecule has 0 radical (unpaired) electrons. The highest BCUT2D eigenvalue weighted by Crippen LogP contribution is 2.17. The Hall–Kier alpha value is -1.65. The van der Waals surface area contributed by atoms with Gasteiger partial charge in [-0.2, -0.15) is 0 Å². The average Bonchev–Trinajstić information content (AvgIpc) is 2.44. The van der Waals surface area contributed by atoms with Gasteiger partial charge in [-0.05, 0) is 37.1 Å². The quantitative estimate of drug-likeness (QED) is 0.947. The molecule has 0 amide bonds. The van der Waals surface area contributed by atoms with Crippen LogP contribution in [-0.2, 0) is 19.6 Å². The molecule has 1 aromatic heterocycles. The van der Waals surface area contributed by atoms with Crippen molar-refractivity contribution in [3.8, 4) is 5.75 Å². The second-order valence-electron chi connectivity index (χ2n) is 5.30. The summed E-state index contributed by atoms with van der Waals surface area (Å²) < 4.78 is 5.80. The van der Waals surface area contributed by atoms with E-state index in [0.29, 0.717) is 6.61 Å². The molecule has 0 saturated heterocycles. The Labute approximate surface area is 131 Å². The van der Waals surface area contributed by atoms with E-state index in [4.69, 9.17) is 4.74 Å². The Morgan fingerprint density at radius 1 is 1.19 bits per heavy atom. The molecule has 21 heavy (non-hydrogen) atoms. The molecule has 2 heterocycles. The van der Waals surface area contributed by atoms with Gasteiger partial charge in [-0.15, -0.1) is 12.4 Å². The second kappa shape index (κ2) is 6.87. The van der Waals surface area contributed by atoms with E-state index in [2.05, 4.69) is 35.2 Å². The number of nitrogens with one attached hydrogen (secondary N) is 1. The number of rotatable bonds is 3. The zero-order chi connectivity index (χ0) is 13.9. The summed E-state index contributed by atoms with van der Waals surface area (Å²) in [5.41, 5.74) is 4.76. The standard InChI is InChI=1S/C16H19N3O.ClH/c1-11-5-12(2)7-14(6-11)20-10-16-18-9-13-8-17-4-3-15(13)19-16;/h5-7,9,17H,3-4,8,10H2,1-2H3;1H. The molecule has 1 N–H and O–H groups in total. The molecular weight excluding hydrogens is 286 g/mol. The third-order valence-corrected chi connectivity index (χ3v) is 3.42. The second-order valence-corrected chi connectivity index (χ2v) is 5.30. The molecule has 0 atom stereocenters. The Morgan fingerprint density at radius 2 is 1.95 bits per heavy atom. The molecule has 5 heteroatoms. The van der Waals surface area contributed by atoms with E-state index in [-0.39, 0.29) is 12.4 Å². The SMILES string of the molecule is Cc1cc(C)cc(OCc2ncc3c(n2)CCNC3)c1.Cl. The summed E-state index contributed by atoms with van der Waals surface area (Å²) in [5.74, 6) is 1.63. The van der Waals surface area contributed by atoms with Crippen LogP contribution in [0.15, 0.2) is 24.4 Å². The van der Waals surface area contributed by atoms with E-state index in [1.165, 1.54) is 16.7 Å². The minimum absolute atomic E-state index is 0. The molecule has 1 aliphatic heterocycles. The maximum Gasteiger partial charge on any atom is 0.166 e. The number of benzene rings is 1. The summed E-state index contributed by atoms with van der Waals surface area (Å²) >= 11 is 0. The van der Waals surface area contributed by atoms with Gasteiger partial charge in [0.05, 0.1) is 0 Å². The Bertz CT molecular complexity index is 611. The molecule has 112 valence electrons. The van der Waals surface area contributed by atoms with Crippen LogP contribution in [-0.4, -0.2) is 16.5 Å². The van der Waals surface area contributed by atoms with Gasteiger partial charge in [0.1, 0.15) is 12.4 Å². The van der Waals surface area contributed by atoms with Crippen molar-refractivity contribution in [2.75, 3.05) is 6.54 Å². The number of hydrogen-bond donors (Lipinski definition) is 1. The first-order valence-corrected chi connectivity index (χ1v) is 6.96. The molecule has 0 bridgehead atoms. The number of hydrogen-bond acceptors (Lipinski definition) is 4. The van der Waals surface area contributed by atoms with Crippen molar-refractivity contribution in [2.45, 2.75) is 33.4 Å². The molecule has 3 rings (SSSR count). The Kier molecular flexibility index (Phi) is 5.15. The van der Waals surface area contributed by atoms with E-state index in [9.17, 15) is 0 Å². The van der Waals surface area contributed by atoms with Crippen LogP contribution in [0.2, 0.25) is 0 Å². The van der Waals surface area contributed by atoms with Crippen LogP contribution >= 0.6 is 12.4 Å². The summed E-state index contributed by atoms with van der Waals surface area (Å²) in [4.78, 5) is 8.97. The number of nitrogens with zero attached hydrogens (tertiary/aromatic N) is 2. The van der Waals surface area contributed by atoms with Crippen molar-refractivity contribution in [1.82, 2.24) is 15.3 Å². The highest BCUT2D eigenvalue weighted by molar-refractivity contribution is 5.85. The van der Waals surface area contributed by atoms with Crippen molar-refractivity contribution in [1.29, 1.82) is 0 Å². The van der Waals surface area contributed by atoms with Gasteiger partial charge in [-0.25, -0.2) is 9.97 Å². The van der Waals surface area contributed by atoms with Gasteiger partial charge in [0.2, 0.25) is 0 Å². The van der Waals surface area contributed by atoms with E-state index >= 15 is 0 Å². The first-order valence-electron chi connectivity index (χ1n) is 6.96. The molecule has 0 spiro atoms. The fourth-order valence-corrected chi connectivity index (χ4v) is 2.51. The van der Waals surface area contributed by atoms with Crippen molar-refractivity contribution in [3.05, 3.63) is 52.6 Å². The number of halogens is 1. The molecule has 0 aliphatic carbocycles. The van der Waals surface area contributed by atoms with Crippen molar-refractivity contribution >= 4 is 12.4 Å². The van der Waals surface area contributed by atoms with E-state index in [0.717, 1.165) is 36.8 Å². The Morgan fingerprint density at radius 3 is 2.71 bits per heavy atom. The minimum atomic E-state index is 0. The monoisotopic (exact) mass is 305 g/mol. The predicted octanol–water partition coefficient (Wildman–Crippen LogP) is 2.74. The predicted molar refractivity (Wildman–Crippen MR) is 84.9 cm³/mol. The molecular formula is C16H20ClN3O. The molecule has 4 nitrogen and oxygen atoms in total. The van der Waals surface area contributed by atoms with Crippen LogP contribution in [0.3, 0.4) is 0 Å². The lowest BCUT2D eigenvalue weighted by Gasteiger charge is -2.16. The third kappa shape index (κ3) is 3.93. The van der Waals surface area contributed by atoms with Crippen molar-refractivity contribution < 1.29 is 4.74 Å². The molecule has 0 saturated carbocycles. The van der Waals surface area contributed by atoms with Gasteiger partial charge in [0, 0.05) is 37.0 Å². The van der Waals surface area contributed by atoms with Gasteiger partial charge in [-0.1, -0.05) is 6.07 Å². The molecule has 2 aromatic rings. The maximum absolute atomic E-state index is 5.80. The number of fused-ring (bicyclic) bond motifs is 1. The lowest BCUT2D eigenvalue weighted by atomic mass is 10.1. The molecule has 1 aliphatic rings. The minimum Gasteiger partial charge on any atom is -0.486 e. The molecule has 0 fully saturated rings. The van der Waals surface area contributed by atoms with Crippen LogP contribution in [0.5, 0.6) is 5.75 Å². The van der Waals surface area contributed by atoms with E-state index < -0.39 is 0 Å². The lowest BCUT2D eigenvalue weighted by Crippen LogP contribution is -2.25. The first kappa shape index (κ1) is 15.7. The van der Waals surface area contributed by atoms with E-state index in [1.807, 2.05) is 18.3 Å². The fraction of sp³-hybridized carbons (Fsp3) is 0.375. The normalized spacial score (nSPS) is 13.2. The van der Waals surface area contributed by atoms with E-state index in [1.54, 1.807) is 0 Å².